The molecule has 0 bridgehead atoms. The Hall–Kier alpha value is -0.740. The van der Waals surface area contributed by atoms with Crippen molar-refractivity contribution in [1.29, 1.82) is 0 Å². The van der Waals surface area contributed by atoms with Crippen LogP contribution in [-0.4, -0.2) is 24.4 Å². The number of benzene rings is 1. The summed E-state index contributed by atoms with van der Waals surface area (Å²) < 4.78 is 12.3. The first kappa shape index (κ1) is 13.7. The minimum absolute atomic E-state index is 0.364. The van der Waals surface area contributed by atoms with Gasteiger partial charge in [-0.3, -0.25) is 0 Å². The van der Waals surface area contributed by atoms with Gasteiger partial charge in [0.25, 0.3) is 0 Å². The predicted molar refractivity (Wildman–Crippen MR) is 74.6 cm³/mol. The highest BCUT2D eigenvalue weighted by Crippen LogP contribution is 2.44. The van der Waals surface area contributed by atoms with E-state index in [0.29, 0.717) is 25.6 Å². The number of ether oxygens (including phenoxy) is 2. The molecule has 0 saturated carbocycles. The second-order valence-corrected chi connectivity index (χ2v) is 5.79. The summed E-state index contributed by atoms with van der Waals surface area (Å²) in [6, 6.07) is 2.00. The molecule has 18 heavy (non-hydrogen) atoms. The molecule has 0 saturated heterocycles. The van der Waals surface area contributed by atoms with Gasteiger partial charge in [-0.2, -0.15) is 0 Å². The van der Waals surface area contributed by atoms with Gasteiger partial charge in [0.05, 0.1) is 10.6 Å². The van der Waals surface area contributed by atoms with Gasteiger partial charge in [-0.25, -0.2) is 0 Å². The zero-order chi connectivity index (χ0) is 13.3. The van der Waals surface area contributed by atoms with Gasteiger partial charge >= 0.3 is 0 Å². The summed E-state index contributed by atoms with van der Waals surface area (Å²) in [7, 11) is 0. The third-order valence-corrected chi connectivity index (χ3v) is 3.78. The Labute approximate surface area is 116 Å². The second kappa shape index (κ2) is 5.49. The van der Waals surface area contributed by atoms with Crippen LogP contribution in [0.3, 0.4) is 0 Å². The molecule has 1 aliphatic rings. The SMILES string of the molecule is CC(O)Cc1cc2c(c(Br)c1C(C)C)OCCO2. The van der Waals surface area contributed by atoms with Crippen LogP contribution in [0.2, 0.25) is 0 Å². The van der Waals surface area contributed by atoms with Gasteiger partial charge in [0.15, 0.2) is 11.5 Å². The number of hydrogen-bond donors (Lipinski definition) is 1. The summed E-state index contributed by atoms with van der Waals surface area (Å²) in [6.07, 6.45) is 0.264. The van der Waals surface area contributed by atoms with Crippen molar-refractivity contribution in [3.8, 4) is 11.5 Å². The first-order valence-electron chi connectivity index (χ1n) is 6.29. The Morgan fingerprint density at radius 1 is 1.28 bits per heavy atom. The molecule has 1 aliphatic heterocycles. The second-order valence-electron chi connectivity index (χ2n) is 5.00. The number of halogens is 1. The topological polar surface area (TPSA) is 38.7 Å². The molecule has 1 atom stereocenters. The zero-order valence-electron chi connectivity index (χ0n) is 11.0. The van der Waals surface area contributed by atoms with Gasteiger partial charge in [-0.05, 0) is 52.4 Å². The number of fused-ring (bicyclic) bond motifs is 1. The first-order chi connectivity index (χ1) is 8.50. The maximum atomic E-state index is 9.62. The van der Waals surface area contributed by atoms with Gasteiger partial charge in [-0.1, -0.05) is 13.8 Å². The molecule has 1 unspecified atom stereocenters. The van der Waals surface area contributed by atoms with Gasteiger partial charge < -0.3 is 14.6 Å². The molecular formula is C14H19BrO3. The lowest BCUT2D eigenvalue weighted by atomic mass is 9.93. The molecule has 100 valence electrons. The third-order valence-electron chi connectivity index (χ3n) is 2.99. The van der Waals surface area contributed by atoms with Crippen molar-refractivity contribution in [3.63, 3.8) is 0 Å². The highest BCUT2D eigenvalue weighted by atomic mass is 79.9. The molecule has 1 N–H and O–H groups in total. The first-order valence-corrected chi connectivity index (χ1v) is 7.09. The van der Waals surface area contributed by atoms with Crippen LogP contribution < -0.4 is 9.47 Å². The van der Waals surface area contributed by atoms with E-state index in [4.69, 9.17) is 9.47 Å². The molecule has 0 radical (unpaired) electrons. The highest BCUT2D eigenvalue weighted by molar-refractivity contribution is 9.10. The lowest BCUT2D eigenvalue weighted by molar-refractivity contribution is 0.169. The quantitative estimate of drug-likeness (QED) is 0.930. The average molecular weight is 315 g/mol. The van der Waals surface area contributed by atoms with Crippen molar-refractivity contribution in [2.75, 3.05) is 13.2 Å². The largest absolute Gasteiger partial charge is 0.486 e. The van der Waals surface area contributed by atoms with Crippen LogP contribution in [0, 0.1) is 0 Å². The molecule has 2 rings (SSSR count). The van der Waals surface area contributed by atoms with E-state index in [-0.39, 0.29) is 6.10 Å². The van der Waals surface area contributed by atoms with Crippen LogP contribution in [0.1, 0.15) is 37.8 Å². The molecule has 0 spiro atoms. The lowest BCUT2D eigenvalue weighted by Crippen LogP contribution is -2.18. The fraction of sp³-hybridized carbons (Fsp3) is 0.571. The predicted octanol–water partition coefficient (Wildman–Crippen LogP) is 3.27. The minimum Gasteiger partial charge on any atom is -0.486 e. The zero-order valence-corrected chi connectivity index (χ0v) is 12.6. The van der Waals surface area contributed by atoms with Crippen molar-refractivity contribution in [3.05, 3.63) is 21.7 Å². The van der Waals surface area contributed by atoms with Crippen LogP contribution >= 0.6 is 15.9 Å². The van der Waals surface area contributed by atoms with Crippen molar-refractivity contribution in [2.24, 2.45) is 0 Å². The van der Waals surface area contributed by atoms with E-state index >= 15 is 0 Å². The molecule has 0 aliphatic carbocycles. The summed E-state index contributed by atoms with van der Waals surface area (Å²) in [5.74, 6) is 1.93. The van der Waals surface area contributed by atoms with E-state index < -0.39 is 0 Å². The molecule has 1 aromatic rings. The molecule has 0 fully saturated rings. The van der Waals surface area contributed by atoms with Crippen LogP contribution in [0.4, 0.5) is 0 Å². The molecule has 0 aromatic heterocycles. The number of hydrogen-bond acceptors (Lipinski definition) is 3. The summed E-state index contributed by atoms with van der Waals surface area (Å²) in [6.45, 7) is 7.24. The molecule has 1 heterocycles. The number of rotatable bonds is 3. The Bertz CT molecular complexity index is 441. The van der Waals surface area contributed by atoms with Gasteiger partial charge in [0.1, 0.15) is 13.2 Å². The van der Waals surface area contributed by atoms with E-state index in [1.807, 2.05) is 6.07 Å². The molecule has 4 heteroatoms. The van der Waals surface area contributed by atoms with E-state index in [1.165, 1.54) is 5.56 Å². The molecule has 3 nitrogen and oxygen atoms in total. The van der Waals surface area contributed by atoms with Crippen molar-refractivity contribution in [1.82, 2.24) is 0 Å². The highest BCUT2D eigenvalue weighted by Gasteiger charge is 2.23. The maximum Gasteiger partial charge on any atom is 0.175 e. The number of aliphatic hydroxyl groups excluding tert-OH is 1. The summed E-state index contributed by atoms with van der Waals surface area (Å²) in [5.41, 5.74) is 2.32. The van der Waals surface area contributed by atoms with Crippen LogP contribution in [-0.2, 0) is 6.42 Å². The average Bonchev–Trinajstić information content (AvgIpc) is 2.27. The van der Waals surface area contributed by atoms with Crippen molar-refractivity contribution < 1.29 is 14.6 Å². The van der Waals surface area contributed by atoms with E-state index in [0.717, 1.165) is 21.5 Å². The monoisotopic (exact) mass is 314 g/mol. The van der Waals surface area contributed by atoms with E-state index in [9.17, 15) is 5.11 Å². The Balaban J connectivity index is 2.53. The molecule has 0 amide bonds. The summed E-state index contributed by atoms with van der Waals surface area (Å²) in [4.78, 5) is 0. The fourth-order valence-corrected chi connectivity index (χ4v) is 3.34. The Kier molecular flexibility index (Phi) is 4.17. The van der Waals surface area contributed by atoms with Crippen LogP contribution in [0.25, 0.3) is 0 Å². The minimum atomic E-state index is -0.364. The summed E-state index contributed by atoms with van der Waals surface area (Å²) >= 11 is 3.62. The lowest BCUT2D eigenvalue weighted by Gasteiger charge is -2.25. The maximum absolute atomic E-state index is 9.62. The van der Waals surface area contributed by atoms with Crippen LogP contribution in [0.15, 0.2) is 10.5 Å². The Morgan fingerprint density at radius 2 is 1.94 bits per heavy atom. The smallest absolute Gasteiger partial charge is 0.175 e. The Morgan fingerprint density at radius 3 is 2.56 bits per heavy atom. The van der Waals surface area contributed by atoms with Gasteiger partial charge in [-0.15, -0.1) is 0 Å². The van der Waals surface area contributed by atoms with E-state index in [2.05, 4.69) is 29.8 Å². The van der Waals surface area contributed by atoms with E-state index in [1.54, 1.807) is 6.92 Å². The number of aliphatic hydroxyl groups is 1. The van der Waals surface area contributed by atoms with Crippen LogP contribution in [0.5, 0.6) is 11.5 Å². The van der Waals surface area contributed by atoms with Gasteiger partial charge in [0, 0.05) is 0 Å². The summed E-state index contributed by atoms with van der Waals surface area (Å²) in [5, 5.41) is 9.62. The van der Waals surface area contributed by atoms with Gasteiger partial charge in [0.2, 0.25) is 0 Å². The third kappa shape index (κ3) is 2.64. The standard InChI is InChI=1S/C14H19BrO3/c1-8(2)12-10(6-9(3)16)7-11-14(13(12)15)18-5-4-17-11/h7-9,16H,4-6H2,1-3H3. The molecular weight excluding hydrogens is 296 g/mol. The fourth-order valence-electron chi connectivity index (χ4n) is 2.32. The normalized spacial score (nSPS) is 15.9. The van der Waals surface area contributed by atoms with Crippen molar-refractivity contribution >= 4 is 15.9 Å². The molecule has 1 aromatic carbocycles. The van der Waals surface area contributed by atoms with Crippen molar-refractivity contribution in [2.45, 2.75) is 39.2 Å².